The van der Waals surface area contributed by atoms with E-state index in [1.54, 1.807) is 6.92 Å². The lowest BCUT2D eigenvalue weighted by Gasteiger charge is -2.12. The van der Waals surface area contributed by atoms with E-state index in [1.807, 2.05) is 28.9 Å². The Kier molecular flexibility index (Phi) is 3.64. The molecule has 1 unspecified atom stereocenters. The first-order valence-electron chi connectivity index (χ1n) is 7.27. The molecule has 21 heavy (non-hydrogen) atoms. The number of ether oxygens (including phenoxy) is 1. The van der Waals surface area contributed by atoms with Gasteiger partial charge in [0.25, 0.3) is 5.91 Å². The maximum atomic E-state index is 11.1. The zero-order chi connectivity index (χ0) is 14.8. The Bertz CT molecular complexity index is 640. The second-order valence-corrected chi connectivity index (χ2v) is 5.41. The molecule has 1 atom stereocenters. The third-order valence-electron chi connectivity index (χ3n) is 3.78. The highest BCUT2D eigenvalue weighted by Crippen LogP contribution is 2.23. The molecular formula is C16H19N3O2. The van der Waals surface area contributed by atoms with Gasteiger partial charge in [-0.15, -0.1) is 0 Å². The number of hydrogen-bond donors (Lipinski definition) is 1. The van der Waals surface area contributed by atoms with Gasteiger partial charge in [-0.05, 0) is 50.3 Å². The first kappa shape index (κ1) is 13.7. The standard InChI is InChI=1S/C16H19N3O2/c1-11(16(17)20)21-14-7-4-6-13(9-14)19-10-12-5-2-3-8-15(12)18-19/h4,6-7,9-11H,2-3,5,8H2,1H3,(H2,17,20). The van der Waals surface area contributed by atoms with Crippen molar-refractivity contribution in [2.45, 2.75) is 38.7 Å². The van der Waals surface area contributed by atoms with Crippen molar-refractivity contribution in [3.8, 4) is 11.4 Å². The number of aromatic nitrogens is 2. The van der Waals surface area contributed by atoms with Gasteiger partial charge < -0.3 is 10.5 Å². The van der Waals surface area contributed by atoms with Gasteiger partial charge in [0.15, 0.2) is 6.10 Å². The van der Waals surface area contributed by atoms with E-state index >= 15 is 0 Å². The minimum Gasteiger partial charge on any atom is -0.481 e. The summed E-state index contributed by atoms with van der Waals surface area (Å²) >= 11 is 0. The summed E-state index contributed by atoms with van der Waals surface area (Å²) in [6.07, 6.45) is 6.04. The fourth-order valence-corrected chi connectivity index (χ4v) is 2.57. The van der Waals surface area contributed by atoms with Crippen molar-refractivity contribution in [2.75, 3.05) is 0 Å². The number of carbonyl (C=O) groups excluding carboxylic acids is 1. The van der Waals surface area contributed by atoms with E-state index < -0.39 is 12.0 Å². The highest BCUT2D eigenvalue weighted by molar-refractivity contribution is 5.78. The third kappa shape index (κ3) is 2.91. The predicted octanol–water partition coefficient (Wildman–Crippen LogP) is 2.00. The van der Waals surface area contributed by atoms with Crippen LogP contribution in [0.3, 0.4) is 0 Å². The molecule has 1 aromatic carbocycles. The van der Waals surface area contributed by atoms with Crippen molar-refractivity contribution in [3.63, 3.8) is 0 Å². The molecular weight excluding hydrogens is 266 g/mol. The Morgan fingerprint density at radius 1 is 1.38 bits per heavy atom. The minimum absolute atomic E-state index is 0.477. The van der Waals surface area contributed by atoms with Gasteiger partial charge in [0.1, 0.15) is 5.75 Å². The maximum absolute atomic E-state index is 11.1. The van der Waals surface area contributed by atoms with E-state index in [0.717, 1.165) is 18.5 Å². The van der Waals surface area contributed by atoms with Crippen LogP contribution >= 0.6 is 0 Å². The largest absolute Gasteiger partial charge is 0.481 e. The molecule has 110 valence electrons. The van der Waals surface area contributed by atoms with E-state index in [1.165, 1.54) is 24.1 Å². The van der Waals surface area contributed by atoms with Gasteiger partial charge in [0.2, 0.25) is 0 Å². The molecule has 0 saturated carbocycles. The van der Waals surface area contributed by atoms with Gasteiger partial charge in [0.05, 0.1) is 11.4 Å². The van der Waals surface area contributed by atoms with Crippen LogP contribution in [0, 0.1) is 0 Å². The van der Waals surface area contributed by atoms with Gasteiger partial charge in [0, 0.05) is 12.3 Å². The number of nitrogens with two attached hydrogens (primary N) is 1. The number of aryl methyl sites for hydroxylation is 2. The van der Waals surface area contributed by atoms with Crippen LogP contribution in [0.25, 0.3) is 5.69 Å². The van der Waals surface area contributed by atoms with Crippen molar-refractivity contribution in [3.05, 3.63) is 41.7 Å². The van der Waals surface area contributed by atoms with Crippen LogP contribution in [-0.2, 0) is 17.6 Å². The minimum atomic E-state index is -0.647. The SMILES string of the molecule is CC(Oc1cccc(-n2cc3c(n2)CCCC3)c1)C(N)=O. The summed E-state index contributed by atoms with van der Waals surface area (Å²) in [4.78, 5) is 11.1. The number of hydrogen-bond acceptors (Lipinski definition) is 3. The number of rotatable bonds is 4. The van der Waals surface area contributed by atoms with Crippen LogP contribution in [0.2, 0.25) is 0 Å². The Morgan fingerprint density at radius 3 is 2.95 bits per heavy atom. The van der Waals surface area contributed by atoms with E-state index in [9.17, 15) is 4.79 Å². The van der Waals surface area contributed by atoms with Crippen LogP contribution in [0.1, 0.15) is 31.0 Å². The fourth-order valence-electron chi connectivity index (χ4n) is 2.57. The molecule has 0 aliphatic heterocycles. The van der Waals surface area contributed by atoms with Crippen molar-refractivity contribution >= 4 is 5.91 Å². The average Bonchev–Trinajstić information content (AvgIpc) is 2.91. The van der Waals surface area contributed by atoms with Crippen molar-refractivity contribution in [1.29, 1.82) is 0 Å². The van der Waals surface area contributed by atoms with Gasteiger partial charge >= 0.3 is 0 Å². The average molecular weight is 285 g/mol. The zero-order valence-corrected chi connectivity index (χ0v) is 12.1. The monoisotopic (exact) mass is 285 g/mol. The number of primary amides is 1. The maximum Gasteiger partial charge on any atom is 0.258 e. The van der Waals surface area contributed by atoms with E-state index in [0.29, 0.717) is 5.75 Å². The Balaban J connectivity index is 1.85. The molecule has 0 fully saturated rings. The normalized spacial score (nSPS) is 15.3. The summed E-state index contributed by atoms with van der Waals surface area (Å²) < 4.78 is 7.41. The molecule has 0 bridgehead atoms. The zero-order valence-electron chi connectivity index (χ0n) is 12.1. The molecule has 1 heterocycles. The molecule has 2 N–H and O–H groups in total. The van der Waals surface area contributed by atoms with Gasteiger partial charge in [-0.25, -0.2) is 4.68 Å². The van der Waals surface area contributed by atoms with Gasteiger partial charge in [-0.1, -0.05) is 6.07 Å². The summed E-state index contributed by atoms with van der Waals surface area (Å²) in [7, 11) is 0. The van der Waals surface area contributed by atoms with Crippen LogP contribution in [0.15, 0.2) is 30.5 Å². The molecule has 1 aliphatic carbocycles. The van der Waals surface area contributed by atoms with Crippen LogP contribution < -0.4 is 10.5 Å². The van der Waals surface area contributed by atoms with Gasteiger partial charge in [-0.2, -0.15) is 5.10 Å². The second kappa shape index (κ2) is 5.60. The smallest absolute Gasteiger partial charge is 0.258 e. The molecule has 2 aromatic rings. The first-order chi connectivity index (χ1) is 10.1. The van der Waals surface area contributed by atoms with Crippen LogP contribution in [0.5, 0.6) is 5.75 Å². The quantitative estimate of drug-likeness (QED) is 0.934. The van der Waals surface area contributed by atoms with Gasteiger partial charge in [-0.3, -0.25) is 4.79 Å². The highest BCUT2D eigenvalue weighted by atomic mass is 16.5. The highest BCUT2D eigenvalue weighted by Gasteiger charge is 2.15. The summed E-state index contributed by atoms with van der Waals surface area (Å²) in [6, 6.07) is 7.55. The Hall–Kier alpha value is -2.30. The topological polar surface area (TPSA) is 70.1 Å². The number of benzene rings is 1. The number of fused-ring (bicyclic) bond motifs is 1. The van der Waals surface area contributed by atoms with E-state index in [2.05, 4.69) is 11.3 Å². The summed E-state index contributed by atoms with van der Waals surface area (Å²) in [5.74, 6) is 0.141. The Morgan fingerprint density at radius 2 is 2.19 bits per heavy atom. The molecule has 1 aromatic heterocycles. The molecule has 0 saturated heterocycles. The number of carbonyl (C=O) groups is 1. The fraction of sp³-hybridized carbons (Fsp3) is 0.375. The number of amides is 1. The lowest BCUT2D eigenvalue weighted by Crippen LogP contribution is -2.30. The predicted molar refractivity (Wildman–Crippen MR) is 79.5 cm³/mol. The van der Waals surface area contributed by atoms with E-state index in [-0.39, 0.29) is 0 Å². The van der Waals surface area contributed by atoms with Crippen LogP contribution in [0.4, 0.5) is 0 Å². The molecule has 3 rings (SSSR count). The first-order valence-corrected chi connectivity index (χ1v) is 7.27. The van der Waals surface area contributed by atoms with Crippen molar-refractivity contribution in [1.82, 2.24) is 9.78 Å². The van der Waals surface area contributed by atoms with E-state index in [4.69, 9.17) is 10.5 Å². The van der Waals surface area contributed by atoms with Crippen LogP contribution in [-0.4, -0.2) is 21.8 Å². The molecule has 5 heteroatoms. The van der Waals surface area contributed by atoms with Crippen molar-refractivity contribution < 1.29 is 9.53 Å². The second-order valence-electron chi connectivity index (χ2n) is 5.41. The number of nitrogens with zero attached hydrogens (tertiary/aromatic N) is 2. The Labute approximate surface area is 123 Å². The summed E-state index contributed by atoms with van der Waals surface area (Å²) in [5.41, 5.74) is 8.67. The molecule has 0 radical (unpaired) electrons. The molecule has 0 spiro atoms. The third-order valence-corrected chi connectivity index (χ3v) is 3.78. The molecule has 1 aliphatic rings. The molecule has 5 nitrogen and oxygen atoms in total. The summed E-state index contributed by atoms with van der Waals surface area (Å²) in [5, 5.41) is 4.65. The van der Waals surface area contributed by atoms with Crippen molar-refractivity contribution in [2.24, 2.45) is 5.73 Å². The summed E-state index contributed by atoms with van der Waals surface area (Å²) in [6.45, 7) is 1.64. The lowest BCUT2D eigenvalue weighted by molar-refractivity contribution is -0.123. The molecule has 1 amide bonds. The lowest BCUT2D eigenvalue weighted by atomic mass is 9.99.